The van der Waals surface area contributed by atoms with Gasteiger partial charge in [0.25, 0.3) is 0 Å². The van der Waals surface area contributed by atoms with Gasteiger partial charge in [-0.3, -0.25) is 9.00 Å². The average Bonchev–Trinajstić information content (AvgIpc) is 3.43. The van der Waals surface area contributed by atoms with Gasteiger partial charge < -0.3 is 9.47 Å². The SMILES string of the molecule is O=C(CS(=O)Cc1cnn(-c2ccccc2)c1-n1cccc1)N1CCCC1. The molecule has 2 aromatic heterocycles. The number of nitrogens with zero attached hydrogens (tertiary/aromatic N) is 4. The fraction of sp³-hybridized carbons (Fsp3) is 0.300. The topological polar surface area (TPSA) is 60.1 Å². The summed E-state index contributed by atoms with van der Waals surface area (Å²) in [5, 5.41) is 4.52. The summed E-state index contributed by atoms with van der Waals surface area (Å²) in [4.78, 5) is 14.1. The highest BCUT2D eigenvalue weighted by Gasteiger charge is 2.22. The molecule has 0 radical (unpaired) electrons. The Morgan fingerprint density at radius 1 is 1.04 bits per heavy atom. The number of hydrogen-bond donors (Lipinski definition) is 0. The summed E-state index contributed by atoms with van der Waals surface area (Å²) < 4.78 is 16.5. The fourth-order valence-electron chi connectivity index (χ4n) is 3.41. The van der Waals surface area contributed by atoms with E-state index >= 15 is 0 Å². The van der Waals surface area contributed by atoms with Gasteiger partial charge in [-0.2, -0.15) is 5.10 Å². The minimum atomic E-state index is -1.27. The smallest absolute Gasteiger partial charge is 0.235 e. The molecule has 3 aromatic rings. The lowest BCUT2D eigenvalue weighted by Gasteiger charge is -2.15. The quantitative estimate of drug-likeness (QED) is 0.658. The number of benzene rings is 1. The summed E-state index contributed by atoms with van der Waals surface area (Å²) in [6.45, 7) is 1.58. The van der Waals surface area contributed by atoms with Crippen LogP contribution in [0.1, 0.15) is 18.4 Å². The molecule has 27 heavy (non-hydrogen) atoms. The zero-order valence-electron chi connectivity index (χ0n) is 15.0. The molecule has 0 bridgehead atoms. The zero-order chi connectivity index (χ0) is 18.6. The monoisotopic (exact) mass is 382 g/mol. The van der Waals surface area contributed by atoms with Gasteiger partial charge in [0.05, 0.1) is 17.6 Å². The van der Waals surface area contributed by atoms with E-state index in [9.17, 15) is 9.00 Å². The number of rotatable bonds is 6. The molecule has 0 saturated carbocycles. The Morgan fingerprint density at radius 3 is 2.44 bits per heavy atom. The van der Waals surface area contributed by atoms with Crippen molar-refractivity contribution in [3.63, 3.8) is 0 Å². The number of aromatic nitrogens is 3. The first kappa shape index (κ1) is 17.7. The maximum Gasteiger partial charge on any atom is 0.235 e. The summed E-state index contributed by atoms with van der Waals surface area (Å²) in [7, 11) is -1.27. The molecular weight excluding hydrogens is 360 g/mol. The summed E-state index contributed by atoms with van der Waals surface area (Å²) in [5.41, 5.74) is 1.80. The van der Waals surface area contributed by atoms with Gasteiger partial charge in [0.2, 0.25) is 5.91 Å². The molecule has 1 atom stereocenters. The normalized spacial score (nSPS) is 15.2. The van der Waals surface area contributed by atoms with Gasteiger partial charge in [-0.1, -0.05) is 18.2 Å². The lowest BCUT2D eigenvalue weighted by molar-refractivity contribution is -0.127. The number of amides is 1. The molecule has 0 N–H and O–H groups in total. The summed E-state index contributed by atoms with van der Waals surface area (Å²) in [5.74, 6) is 1.22. The van der Waals surface area contributed by atoms with Crippen molar-refractivity contribution in [2.24, 2.45) is 0 Å². The van der Waals surface area contributed by atoms with E-state index in [4.69, 9.17) is 0 Å². The molecule has 3 heterocycles. The van der Waals surface area contributed by atoms with Crippen LogP contribution in [0.15, 0.2) is 61.1 Å². The second-order valence-electron chi connectivity index (χ2n) is 6.65. The van der Waals surface area contributed by atoms with Crippen molar-refractivity contribution in [2.45, 2.75) is 18.6 Å². The highest BCUT2D eigenvalue weighted by atomic mass is 32.2. The van der Waals surface area contributed by atoms with Crippen LogP contribution in [-0.2, 0) is 21.3 Å². The number of carbonyl (C=O) groups is 1. The third-order valence-corrected chi connectivity index (χ3v) is 5.93. The van der Waals surface area contributed by atoms with Crippen molar-refractivity contribution in [2.75, 3.05) is 18.8 Å². The minimum Gasteiger partial charge on any atom is -0.342 e. The van der Waals surface area contributed by atoms with Gasteiger partial charge in [-0.25, -0.2) is 4.68 Å². The highest BCUT2D eigenvalue weighted by molar-refractivity contribution is 7.84. The van der Waals surface area contributed by atoms with Crippen molar-refractivity contribution in [3.05, 3.63) is 66.6 Å². The van der Waals surface area contributed by atoms with E-state index in [1.807, 2.05) is 69.0 Å². The average molecular weight is 382 g/mol. The van der Waals surface area contributed by atoms with Gasteiger partial charge in [0.1, 0.15) is 11.6 Å². The summed E-state index contributed by atoms with van der Waals surface area (Å²) >= 11 is 0. The molecule has 1 aromatic carbocycles. The first-order valence-electron chi connectivity index (χ1n) is 9.11. The van der Waals surface area contributed by atoms with Crippen LogP contribution in [0.2, 0.25) is 0 Å². The number of para-hydroxylation sites is 1. The third kappa shape index (κ3) is 3.88. The van der Waals surface area contributed by atoms with E-state index < -0.39 is 10.8 Å². The van der Waals surface area contributed by atoms with E-state index in [0.29, 0.717) is 5.75 Å². The van der Waals surface area contributed by atoms with E-state index in [1.165, 1.54) is 0 Å². The van der Waals surface area contributed by atoms with E-state index in [0.717, 1.165) is 43.0 Å². The van der Waals surface area contributed by atoms with Gasteiger partial charge in [0.15, 0.2) is 0 Å². The maximum atomic E-state index is 12.7. The Bertz CT molecular complexity index is 928. The second kappa shape index (κ2) is 7.92. The molecule has 4 rings (SSSR count). The fourth-order valence-corrected chi connectivity index (χ4v) is 4.52. The van der Waals surface area contributed by atoms with Crippen molar-refractivity contribution in [1.82, 2.24) is 19.2 Å². The van der Waals surface area contributed by atoms with Crippen molar-refractivity contribution < 1.29 is 9.00 Å². The number of likely N-dealkylation sites (tertiary alicyclic amines) is 1. The van der Waals surface area contributed by atoms with Gasteiger partial charge in [-0.05, 0) is 37.1 Å². The van der Waals surface area contributed by atoms with Gasteiger partial charge in [-0.15, -0.1) is 0 Å². The molecule has 0 aliphatic carbocycles. The van der Waals surface area contributed by atoms with Crippen molar-refractivity contribution >= 4 is 16.7 Å². The predicted octanol–water partition coefficient (Wildman–Crippen LogP) is 2.53. The minimum absolute atomic E-state index is 0.0104. The predicted molar refractivity (Wildman–Crippen MR) is 105 cm³/mol. The zero-order valence-corrected chi connectivity index (χ0v) is 15.8. The van der Waals surface area contributed by atoms with E-state index in [2.05, 4.69) is 5.10 Å². The Morgan fingerprint density at radius 2 is 1.74 bits per heavy atom. The molecule has 0 spiro atoms. The lowest BCUT2D eigenvalue weighted by Crippen LogP contribution is -2.32. The number of carbonyl (C=O) groups excluding carboxylic acids is 1. The number of hydrogen-bond acceptors (Lipinski definition) is 3. The Labute approximate surface area is 160 Å². The van der Waals surface area contributed by atoms with Crippen LogP contribution in [-0.4, -0.2) is 48.2 Å². The van der Waals surface area contributed by atoms with Gasteiger partial charge in [0, 0.05) is 41.8 Å². The van der Waals surface area contributed by atoms with Gasteiger partial charge >= 0.3 is 0 Å². The Kier molecular flexibility index (Phi) is 5.20. The van der Waals surface area contributed by atoms with Crippen LogP contribution in [0.25, 0.3) is 11.5 Å². The highest BCUT2D eigenvalue weighted by Crippen LogP contribution is 2.21. The van der Waals surface area contributed by atoms with Crippen LogP contribution in [0.4, 0.5) is 0 Å². The van der Waals surface area contributed by atoms with Crippen LogP contribution >= 0.6 is 0 Å². The standard InChI is InChI=1S/C20H22N4O2S/c25-19(22-10-4-5-11-22)16-27(26)15-17-14-21-24(18-8-2-1-3-9-18)20(17)23-12-6-7-13-23/h1-3,6-9,12-14H,4-5,10-11,15-16H2. The summed E-state index contributed by atoms with van der Waals surface area (Å²) in [6, 6.07) is 13.7. The molecule has 1 fully saturated rings. The molecule has 6 nitrogen and oxygen atoms in total. The van der Waals surface area contributed by atoms with Crippen LogP contribution in [0, 0.1) is 0 Å². The largest absolute Gasteiger partial charge is 0.342 e. The molecule has 1 aliphatic rings. The van der Waals surface area contributed by atoms with Crippen molar-refractivity contribution in [1.29, 1.82) is 0 Å². The van der Waals surface area contributed by atoms with Crippen LogP contribution in [0.3, 0.4) is 0 Å². The molecule has 1 saturated heterocycles. The molecule has 7 heteroatoms. The molecular formula is C20H22N4O2S. The first-order chi connectivity index (χ1) is 13.2. The molecule has 1 aliphatic heterocycles. The molecule has 1 amide bonds. The Balaban J connectivity index is 1.58. The third-order valence-electron chi connectivity index (χ3n) is 4.73. The summed E-state index contributed by atoms with van der Waals surface area (Å²) in [6.07, 6.45) is 7.72. The Hall–Kier alpha value is -2.67. The maximum absolute atomic E-state index is 12.7. The van der Waals surface area contributed by atoms with Crippen LogP contribution < -0.4 is 0 Å². The van der Waals surface area contributed by atoms with Crippen LogP contribution in [0.5, 0.6) is 0 Å². The van der Waals surface area contributed by atoms with E-state index in [1.54, 1.807) is 6.20 Å². The van der Waals surface area contributed by atoms with E-state index in [-0.39, 0.29) is 11.7 Å². The molecule has 1 unspecified atom stereocenters. The first-order valence-corrected chi connectivity index (χ1v) is 10.6. The second-order valence-corrected chi connectivity index (χ2v) is 8.10. The van der Waals surface area contributed by atoms with Crippen molar-refractivity contribution in [3.8, 4) is 11.5 Å². The molecule has 140 valence electrons. The lowest BCUT2D eigenvalue weighted by atomic mass is 10.3.